The molecule has 0 bridgehead atoms. The highest BCUT2D eigenvalue weighted by Crippen LogP contribution is 2.11. The molecule has 1 aromatic rings. The van der Waals surface area contributed by atoms with E-state index in [-0.39, 0.29) is 12.1 Å². The van der Waals surface area contributed by atoms with Crippen LogP contribution in [0.3, 0.4) is 0 Å². The number of aromatic nitrogens is 1. The molecule has 0 amide bonds. The zero-order valence-electron chi connectivity index (χ0n) is 8.12. The number of nitrogen functional groups attached to an aromatic ring is 1. The first-order valence-electron chi connectivity index (χ1n) is 4.17. The van der Waals surface area contributed by atoms with Crippen LogP contribution >= 0.6 is 15.9 Å². The highest BCUT2D eigenvalue weighted by atomic mass is 79.9. The summed E-state index contributed by atoms with van der Waals surface area (Å²) in [4.78, 5) is 11.5. The Bertz CT molecular complexity index is 393. The van der Waals surface area contributed by atoms with Crippen LogP contribution in [0, 0.1) is 0 Å². The van der Waals surface area contributed by atoms with Crippen molar-refractivity contribution in [1.29, 1.82) is 0 Å². The zero-order chi connectivity index (χ0) is 10.9. The maximum absolute atomic E-state index is 11.5. The molecule has 0 saturated heterocycles. The fourth-order valence-corrected chi connectivity index (χ4v) is 1.65. The number of rotatable bonds is 2. The molecule has 4 nitrogen and oxygen atoms in total. The van der Waals surface area contributed by atoms with Crippen LogP contribution < -0.4 is 11.3 Å². The first kappa shape index (κ1) is 11.3. The highest BCUT2D eigenvalue weighted by Gasteiger charge is 2.15. The van der Waals surface area contributed by atoms with E-state index in [9.17, 15) is 9.90 Å². The molecule has 78 valence electrons. The van der Waals surface area contributed by atoms with Gasteiger partial charge < -0.3 is 15.4 Å². The lowest BCUT2D eigenvalue weighted by molar-refractivity contribution is 0.0604. The van der Waals surface area contributed by atoms with Gasteiger partial charge in [0.25, 0.3) is 5.56 Å². The van der Waals surface area contributed by atoms with E-state index >= 15 is 0 Å². The van der Waals surface area contributed by atoms with Gasteiger partial charge in [0.15, 0.2) is 0 Å². The van der Waals surface area contributed by atoms with E-state index < -0.39 is 5.60 Å². The molecule has 1 aromatic heterocycles. The van der Waals surface area contributed by atoms with Gasteiger partial charge in [0.1, 0.15) is 0 Å². The normalized spacial score (nSPS) is 11.7. The molecule has 14 heavy (non-hydrogen) atoms. The van der Waals surface area contributed by atoms with E-state index in [1.165, 1.54) is 10.8 Å². The maximum Gasteiger partial charge on any atom is 0.265 e. The molecule has 0 radical (unpaired) electrons. The number of nitrogens with two attached hydrogens (primary N) is 1. The van der Waals surface area contributed by atoms with Crippen molar-refractivity contribution in [2.45, 2.75) is 26.0 Å². The van der Waals surface area contributed by atoms with Gasteiger partial charge in [-0.2, -0.15) is 0 Å². The smallest absolute Gasteiger partial charge is 0.265 e. The largest absolute Gasteiger partial charge is 0.398 e. The number of aliphatic hydroxyl groups is 1. The third kappa shape index (κ3) is 2.85. The summed E-state index contributed by atoms with van der Waals surface area (Å²) < 4.78 is 1.79. The number of hydrogen-bond donors (Lipinski definition) is 2. The van der Waals surface area contributed by atoms with Crippen molar-refractivity contribution < 1.29 is 5.11 Å². The summed E-state index contributed by atoms with van der Waals surface area (Å²) in [7, 11) is 0. The molecule has 1 heterocycles. The van der Waals surface area contributed by atoms with Crippen LogP contribution in [-0.4, -0.2) is 15.3 Å². The van der Waals surface area contributed by atoms with Crippen LogP contribution in [0.2, 0.25) is 0 Å². The van der Waals surface area contributed by atoms with Crippen LogP contribution in [-0.2, 0) is 6.54 Å². The summed E-state index contributed by atoms with van der Waals surface area (Å²) in [6, 6.07) is 1.54. The Balaban J connectivity index is 3.16. The van der Waals surface area contributed by atoms with Crippen molar-refractivity contribution in [3.05, 3.63) is 27.1 Å². The Morgan fingerprint density at radius 2 is 2.21 bits per heavy atom. The van der Waals surface area contributed by atoms with Crippen LogP contribution in [0.1, 0.15) is 13.8 Å². The van der Waals surface area contributed by atoms with Crippen molar-refractivity contribution >= 4 is 21.6 Å². The molecule has 0 saturated carbocycles. The molecule has 0 fully saturated rings. The monoisotopic (exact) mass is 260 g/mol. The standard InChI is InChI=1S/C9H13BrN2O2/c1-9(2,14)5-12-4-6(11)3-7(10)8(12)13/h3-4,14H,5,11H2,1-2H3. The van der Waals surface area contributed by atoms with Gasteiger partial charge in [0, 0.05) is 11.9 Å². The first-order valence-corrected chi connectivity index (χ1v) is 4.97. The molecule has 5 heteroatoms. The van der Waals surface area contributed by atoms with Gasteiger partial charge in [-0.15, -0.1) is 0 Å². The Hall–Kier alpha value is -0.810. The van der Waals surface area contributed by atoms with Crippen molar-refractivity contribution in [2.75, 3.05) is 5.73 Å². The minimum absolute atomic E-state index is 0.193. The van der Waals surface area contributed by atoms with Crippen LogP contribution in [0.25, 0.3) is 0 Å². The Labute approximate surface area is 90.5 Å². The predicted molar refractivity (Wildman–Crippen MR) is 59.1 cm³/mol. The predicted octanol–water partition coefficient (Wildman–Crippen LogP) is 0.964. The average molecular weight is 261 g/mol. The summed E-state index contributed by atoms with van der Waals surface area (Å²) in [6.07, 6.45) is 1.52. The number of halogens is 1. The van der Waals surface area contributed by atoms with Crippen molar-refractivity contribution in [1.82, 2.24) is 4.57 Å². The van der Waals surface area contributed by atoms with E-state index in [1.807, 2.05) is 0 Å². The number of nitrogens with zero attached hydrogens (tertiary/aromatic N) is 1. The molecule has 0 aliphatic carbocycles. The molecule has 0 atom stereocenters. The van der Waals surface area contributed by atoms with E-state index in [4.69, 9.17) is 5.73 Å². The van der Waals surface area contributed by atoms with E-state index in [0.717, 1.165) is 0 Å². The fourth-order valence-electron chi connectivity index (χ4n) is 1.16. The lowest BCUT2D eigenvalue weighted by Crippen LogP contribution is -2.32. The van der Waals surface area contributed by atoms with Crippen molar-refractivity contribution in [3.8, 4) is 0 Å². The minimum Gasteiger partial charge on any atom is -0.398 e. The van der Waals surface area contributed by atoms with Gasteiger partial charge in [-0.05, 0) is 35.8 Å². The van der Waals surface area contributed by atoms with Gasteiger partial charge in [0.2, 0.25) is 0 Å². The van der Waals surface area contributed by atoms with Crippen LogP contribution in [0.5, 0.6) is 0 Å². The number of pyridine rings is 1. The van der Waals surface area contributed by atoms with Crippen LogP contribution in [0.15, 0.2) is 21.5 Å². The summed E-state index contributed by atoms with van der Waals surface area (Å²) in [5.41, 5.74) is 4.94. The highest BCUT2D eigenvalue weighted by molar-refractivity contribution is 9.10. The SMILES string of the molecule is CC(C)(O)Cn1cc(N)cc(Br)c1=O. The molecule has 0 aliphatic heterocycles. The average Bonchev–Trinajstić information content (AvgIpc) is 1.96. The second-order valence-electron chi connectivity index (χ2n) is 3.87. The zero-order valence-corrected chi connectivity index (χ0v) is 9.71. The molecule has 0 unspecified atom stereocenters. The molecule has 0 aliphatic rings. The lowest BCUT2D eigenvalue weighted by Gasteiger charge is -2.18. The minimum atomic E-state index is -0.933. The van der Waals surface area contributed by atoms with E-state index in [2.05, 4.69) is 15.9 Å². The van der Waals surface area contributed by atoms with E-state index in [1.54, 1.807) is 19.9 Å². The second kappa shape index (κ2) is 3.74. The molecule has 1 rings (SSSR count). The maximum atomic E-state index is 11.5. The number of anilines is 1. The summed E-state index contributed by atoms with van der Waals surface area (Å²) in [5.74, 6) is 0. The summed E-state index contributed by atoms with van der Waals surface area (Å²) in [5, 5.41) is 9.56. The van der Waals surface area contributed by atoms with Crippen molar-refractivity contribution in [2.24, 2.45) is 0 Å². The van der Waals surface area contributed by atoms with Gasteiger partial charge >= 0.3 is 0 Å². The lowest BCUT2D eigenvalue weighted by atomic mass is 10.1. The molecule has 0 aromatic carbocycles. The second-order valence-corrected chi connectivity index (χ2v) is 4.72. The van der Waals surface area contributed by atoms with E-state index in [0.29, 0.717) is 10.2 Å². The Morgan fingerprint density at radius 1 is 1.64 bits per heavy atom. The summed E-state index contributed by atoms with van der Waals surface area (Å²) in [6.45, 7) is 3.49. The van der Waals surface area contributed by atoms with Crippen molar-refractivity contribution in [3.63, 3.8) is 0 Å². The quantitative estimate of drug-likeness (QED) is 0.833. The topological polar surface area (TPSA) is 68.2 Å². The fraction of sp³-hybridized carbons (Fsp3) is 0.444. The third-order valence-electron chi connectivity index (χ3n) is 1.62. The molecular weight excluding hydrogens is 248 g/mol. The first-order chi connectivity index (χ1) is 6.29. The van der Waals surface area contributed by atoms with Crippen LogP contribution in [0.4, 0.5) is 5.69 Å². The molecule has 3 N–H and O–H groups in total. The van der Waals surface area contributed by atoms with Gasteiger partial charge in [-0.3, -0.25) is 4.79 Å². The third-order valence-corrected chi connectivity index (χ3v) is 2.19. The molecule has 0 spiro atoms. The number of hydrogen-bond acceptors (Lipinski definition) is 3. The Kier molecular flexibility index (Phi) is 3.01. The Morgan fingerprint density at radius 3 is 2.71 bits per heavy atom. The van der Waals surface area contributed by atoms with Gasteiger partial charge in [-0.1, -0.05) is 0 Å². The van der Waals surface area contributed by atoms with Gasteiger partial charge in [-0.25, -0.2) is 0 Å². The summed E-state index contributed by atoms with van der Waals surface area (Å²) >= 11 is 3.11. The molecular formula is C9H13BrN2O2. The van der Waals surface area contributed by atoms with Gasteiger partial charge in [0.05, 0.1) is 16.6 Å².